The minimum Gasteiger partial charge on any atom is -0.394 e. The molecule has 5 nitrogen and oxygen atoms in total. The average Bonchev–Trinajstić information content (AvgIpc) is 2.76. The fraction of sp³-hybridized carbons (Fsp3) is 0.562. The molecule has 0 aliphatic carbocycles. The standard InChI is InChI=1S/C16H25N3O2/c20-13-15(11-14-5-2-1-3-6-14)18-16(21)12-19-9-4-7-17-8-10-19/h1-3,5-6,15,17,20H,4,7-13H2,(H,18,21)/t15-/m1/s1. The summed E-state index contributed by atoms with van der Waals surface area (Å²) in [7, 11) is 0. The molecule has 21 heavy (non-hydrogen) atoms. The zero-order valence-electron chi connectivity index (χ0n) is 12.4. The number of nitrogens with zero attached hydrogens (tertiary/aromatic N) is 1. The van der Waals surface area contributed by atoms with Gasteiger partial charge in [0.15, 0.2) is 0 Å². The van der Waals surface area contributed by atoms with Crippen molar-refractivity contribution >= 4 is 5.91 Å². The van der Waals surface area contributed by atoms with E-state index in [0.29, 0.717) is 13.0 Å². The van der Waals surface area contributed by atoms with Crippen molar-refractivity contribution in [3.05, 3.63) is 35.9 Å². The summed E-state index contributed by atoms with van der Waals surface area (Å²) in [5.74, 6) is -0.00752. The first kappa shape index (κ1) is 15.9. The van der Waals surface area contributed by atoms with Gasteiger partial charge in [-0.2, -0.15) is 0 Å². The lowest BCUT2D eigenvalue weighted by Crippen LogP contribution is -2.45. The number of amides is 1. The molecule has 0 saturated carbocycles. The van der Waals surface area contributed by atoms with E-state index in [4.69, 9.17) is 0 Å². The van der Waals surface area contributed by atoms with Gasteiger partial charge in [0.1, 0.15) is 0 Å². The molecule has 0 aromatic heterocycles. The van der Waals surface area contributed by atoms with Gasteiger partial charge in [0.25, 0.3) is 0 Å². The molecule has 3 N–H and O–H groups in total. The van der Waals surface area contributed by atoms with Gasteiger partial charge in [0.05, 0.1) is 19.2 Å². The van der Waals surface area contributed by atoms with Crippen LogP contribution in [-0.4, -0.2) is 61.3 Å². The summed E-state index contributed by atoms with van der Waals surface area (Å²) in [6.07, 6.45) is 1.73. The molecule has 0 radical (unpaired) electrons. The Morgan fingerprint density at radius 1 is 1.29 bits per heavy atom. The smallest absolute Gasteiger partial charge is 0.234 e. The minimum absolute atomic E-state index is 0.00752. The van der Waals surface area contributed by atoms with Gasteiger partial charge in [-0.3, -0.25) is 9.69 Å². The Bertz CT molecular complexity index is 417. The number of carbonyl (C=O) groups excluding carboxylic acids is 1. The number of aliphatic hydroxyl groups is 1. The lowest BCUT2D eigenvalue weighted by molar-refractivity contribution is -0.123. The Balaban J connectivity index is 1.79. The summed E-state index contributed by atoms with van der Waals surface area (Å²) in [4.78, 5) is 14.3. The van der Waals surface area contributed by atoms with Crippen LogP contribution >= 0.6 is 0 Å². The van der Waals surface area contributed by atoms with Crippen LogP contribution in [0.3, 0.4) is 0 Å². The van der Waals surface area contributed by atoms with Crippen LogP contribution in [0.15, 0.2) is 30.3 Å². The van der Waals surface area contributed by atoms with Gasteiger partial charge in [0, 0.05) is 13.1 Å². The van der Waals surface area contributed by atoms with Crippen molar-refractivity contribution in [3.8, 4) is 0 Å². The Kier molecular flexibility index (Phi) is 6.66. The summed E-state index contributed by atoms with van der Waals surface area (Å²) < 4.78 is 0. The normalized spacial score (nSPS) is 18.0. The molecule has 1 atom stereocenters. The number of rotatable bonds is 6. The second kappa shape index (κ2) is 8.77. The van der Waals surface area contributed by atoms with E-state index in [1.54, 1.807) is 0 Å². The molecule has 2 rings (SSSR count). The number of aliphatic hydroxyl groups excluding tert-OH is 1. The summed E-state index contributed by atoms with van der Waals surface area (Å²) >= 11 is 0. The fourth-order valence-electron chi connectivity index (χ4n) is 2.60. The molecular formula is C16H25N3O2. The molecule has 0 spiro atoms. The van der Waals surface area contributed by atoms with E-state index < -0.39 is 0 Å². The van der Waals surface area contributed by atoms with Crippen LogP contribution in [0.25, 0.3) is 0 Å². The zero-order chi connectivity index (χ0) is 14.9. The van der Waals surface area contributed by atoms with Crippen molar-refractivity contribution < 1.29 is 9.90 Å². The SMILES string of the molecule is O=C(CN1CCCNCC1)N[C@@H](CO)Cc1ccccc1. The van der Waals surface area contributed by atoms with Crippen molar-refractivity contribution in [3.63, 3.8) is 0 Å². The van der Waals surface area contributed by atoms with E-state index in [1.807, 2.05) is 30.3 Å². The highest BCUT2D eigenvalue weighted by Gasteiger charge is 2.16. The van der Waals surface area contributed by atoms with E-state index in [1.165, 1.54) is 0 Å². The zero-order valence-corrected chi connectivity index (χ0v) is 12.4. The first-order valence-corrected chi connectivity index (χ1v) is 7.65. The molecule has 1 aliphatic heterocycles. The van der Waals surface area contributed by atoms with Crippen LogP contribution in [0.5, 0.6) is 0 Å². The van der Waals surface area contributed by atoms with Crippen LogP contribution in [-0.2, 0) is 11.2 Å². The Morgan fingerprint density at radius 3 is 2.86 bits per heavy atom. The van der Waals surface area contributed by atoms with Crippen molar-refractivity contribution in [2.75, 3.05) is 39.3 Å². The number of hydrogen-bond acceptors (Lipinski definition) is 4. The highest BCUT2D eigenvalue weighted by molar-refractivity contribution is 5.78. The van der Waals surface area contributed by atoms with Crippen molar-refractivity contribution in [1.82, 2.24) is 15.5 Å². The number of benzene rings is 1. The van der Waals surface area contributed by atoms with Gasteiger partial charge in [-0.25, -0.2) is 0 Å². The van der Waals surface area contributed by atoms with E-state index in [0.717, 1.165) is 38.2 Å². The Morgan fingerprint density at radius 2 is 2.10 bits per heavy atom. The summed E-state index contributed by atoms with van der Waals surface area (Å²) in [6.45, 7) is 4.17. The van der Waals surface area contributed by atoms with Crippen molar-refractivity contribution in [2.45, 2.75) is 18.9 Å². The first-order valence-electron chi connectivity index (χ1n) is 7.65. The van der Waals surface area contributed by atoms with Crippen LogP contribution in [0.4, 0.5) is 0 Å². The van der Waals surface area contributed by atoms with Gasteiger partial charge in [-0.15, -0.1) is 0 Å². The van der Waals surface area contributed by atoms with Crippen LogP contribution < -0.4 is 10.6 Å². The Hall–Kier alpha value is -1.43. The van der Waals surface area contributed by atoms with Crippen LogP contribution in [0, 0.1) is 0 Å². The third kappa shape index (κ3) is 5.83. The first-order chi connectivity index (χ1) is 10.3. The number of carbonyl (C=O) groups is 1. The fourth-order valence-corrected chi connectivity index (χ4v) is 2.60. The molecule has 5 heteroatoms. The van der Waals surface area contributed by atoms with Crippen molar-refractivity contribution in [2.24, 2.45) is 0 Å². The van der Waals surface area contributed by atoms with E-state index in [2.05, 4.69) is 15.5 Å². The molecule has 1 heterocycles. The van der Waals surface area contributed by atoms with Gasteiger partial charge in [0.2, 0.25) is 5.91 Å². The Labute approximate surface area is 126 Å². The topological polar surface area (TPSA) is 64.6 Å². The highest BCUT2D eigenvalue weighted by Crippen LogP contribution is 2.03. The van der Waals surface area contributed by atoms with Gasteiger partial charge < -0.3 is 15.7 Å². The summed E-state index contributed by atoms with van der Waals surface area (Å²) in [6, 6.07) is 9.70. The van der Waals surface area contributed by atoms with Gasteiger partial charge in [-0.1, -0.05) is 30.3 Å². The molecule has 1 saturated heterocycles. The van der Waals surface area contributed by atoms with E-state index in [9.17, 15) is 9.90 Å². The minimum atomic E-state index is -0.218. The second-order valence-corrected chi connectivity index (χ2v) is 5.52. The lowest BCUT2D eigenvalue weighted by Gasteiger charge is -2.21. The predicted molar refractivity (Wildman–Crippen MR) is 83.1 cm³/mol. The number of nitrogens with one attached hydrogen (secondary N) is 2. The van der Waals surface area contributed by atoms with Crippen LogP contribution in [0.1, 0.15) is 12.0 Å². The maximum atomic E-state index is 12.1. The maximum absolute atomic E-state index is 12.1. The molecule has 1 fully saturated rings. The molecule has 1 amide bonds. The summed E-state index contributed by atoms with van der Waals surface area (Å²) in [5, 5.41) is 15.7. The monoisotopic (exact) mass is 291 g/mol. The highest BCUT2D eigenvalue weighted by atomic mass is 16.3. The lowest BCUT2D eigenvalue weighted by atomic mass is 10.1. The average molecular weight is 291 g/mol. The molecule has 1 aliphatic rings. The molecule has 116 valence electrons. The molecule has 1 aromatic carbocycles. The van der Waals surface area contributed by atoms with E-state index >= 15 is 0 Å². The molecule has 0 unspecified atom stereocenters. The number of hydrogen-bond donors (Lipinski definition) is 3. The molecule has 1 aromatic rings. The van der Waals surface area contributed by atoms with Crippen LogP contribution in [0.2, 0.25) is 0 Å². The van der Waals surface area contributed by atoms with Gasteiger partial charge >= 0.3 is 0 Å². The predicted octanol–water partition coefficient (Wildman–Crippen LogP) is 0.00150. The molecular weight excluding hydrogens is 266 g/mol. The van der Waals surface area contributed by atoms with Crippen molar-refractivity contribution in [1.29, 1.82) is 0 Å². The third-order valence-corrected chi connectivity index (χ3v) is 3.71. The van der Waals surface area contributed by atoms with Gasteiger partial charge in [-0.05, 0) is 31.5 Å². The summed E-state index contributed by atoms with van der Waals surface area (Å²) in [5.41, 5.74) is 1.12. The quantitative estimate of drug-likeness (QED) is 0.690. The maximum Gasteiger partial charge on any atom is 0.234 e. The largest absolute Gasteiger partial charge is 0.394 e. The van der Waals surface area contributed by atoms with E-state index in [-0.39, 0.29) is 18.6 Å². The molecule has 0 bridgehead atoms. The third-order valence-electron chi connectivity index (χ3n) is 3.71. The second-order valence-electron chi connectivity index (χ2n) is 5.52.